The van der Waals surface area contributed by atoms with Crippen LogP contribution in [0.15, 0.2) is 78.9 Å². The van der Waals surface area contributed by atoms with E-state index in [4.69, 9.17) is 4.74 Å². The van der Waals surface area contributed by atoms with Crippen LogP contribution < -0.4 is 10.1 Å². The molecule has 0 heterocycles. The van der Waals surface area contributed by atoms with Gasteiger partial charge in [0, 0.05) is 18.8 Å². The van der Waals surface area contributed by atoms with Crippen molar-refractivity contribution in [3.8, 4) is 11.5 Å². The summed E-state index contributed by atoms with van der Waals surface area (Å²) in [6.45, 7) is 7.54. The fraction of sp³-hybridized carbons (Fsp3) is 0.269. The molecule has 0 bridgehead atoms. The number of rotatable bonds is 8. The minimum absolute atomic E-state index is 0.0951. The number of nitrogens with one attached hydrogen (secondary N) is 1. The molecule has 0 atom stereocenters. The van der Waals surface area contributed by atoms with Crippen LogP contribution in [0.2, 0.25) is 0 Å². The predicted octanol–water partition coefficient (Wildman–Crippen LogP) is 6.73. The van der Waals surface area contributed by atoms with Crippen molar-refractivity contribution >= 4 is 11.7 Å². The number of carbonyl (C=O) groups excluding carboxylic acids is 1. The maximum Gasteiger partial charge on any atom is 0.322 e. The van der Waals surface area contributed by atoms with Crippen molar-refractivity contribution < 1.29 is 9.53 Å². The number of hydrogen-bond donors (Lipinski definition) is 1. The molecule has 0 saturated carbocycles. The third-order valence-electron chi connectivity index (χ3n) is 4.74. The lowest BCUT2D eigenvalue weighted by Gasteiger charge is -2.25. The molecule has 0 fully saturated rings. The number of carbonyl (C=O) groups is 1. The van der Waals surface area contributed by atoms with E-state index in [1.54, 1.807) is 0 Å². The molecular formula is C26H30N2O2. The van der Waals surface area contributed by atoms with E-state index in [0.717, 1.165) is 29.2 Å². The number of nitrogens with zero attached hydrogens (tertiary/aromatic N) is 1. The first-order valence-electron chi connectivity index (χ1n) is 10.5. The van der Waals surface area contributed by atoms with Gasteiger partial charge in [-0.3, -0.25) is 0 Å². The van der Waals surface area contributed by atoms with Gasteiger partial charge in [-0.2, -0.15) is 0 Å². The fourth-order valence-corrected chi connectivity index (χ4v) is 3.24. The molecule has 4 heteroatoms. The van der Waals surface area contributed by atoms with E-state index >= 15 is 0 Å². The fourth-order valence-electron chi connectivity index (χ4n) is 3.24. The number of para-hydroxylation sites is 1. The van der Waals surface area contributed by atoms with Crippen molar-refractivity contribution in [1.29, 1.82) is 0 Å². The number of benzene rings is 3. The lowest BCUT2D eigenvalue weighted by Crippen LogP contribution is -2.37. The zero-order valence-electron chi connectivity index (χ0n) is 18.0. The minimum atomic E-state index is -0.0951. The van der Waals surface area contributed by atoms with E-state index in [0.29, 0.717) is 19.0 Å². The minimum Gasteiger partial charge on any atom is -0.457 e. The maximum atomic E-state index is 13.0. The summed E-state index contributed by atoms with van der Waals surface area (Å²) in [5.74, 6) is 1.92. The number of aryl methyl sites for hydroxylation is 1. The van der Waals surface area contributed by atoms with Gasteiger partial charge in [-0.1, -0.05) is 63.2 Å². The van der Waals surface area contributed by atoms with Crippen molar-refractivity contribution in [3.05, 3.63) is 90.0 Å². The summed E-state index contributed by atoms with van der Waals surface area (Å²) in [5.41, 5.74) is 3.09. The first kappa shape index (κ1) is 21.4. The number of amides is 2. The monoisotopic (exact) mass is 402 g/mol. The Bertz CT molecular complexity index is 937. The SMILES string of the molecule is CCc1ccc(NC(=O)N(Cc2cccc(Oc3ccccc3)c2)CC(C)C)cc1. The van der Waals surface area contributed by atoms with Gasteiger partial charge >= 0.3 is 6.03 Å². The van der Waals surface area contributed by atoms with E-state index in [2.05, 4.69) is 26.1 Å². The predicted molar refractivity (Wildman–Crippen MR) is 123 cm³/mol. The molecule has 0 aliphatic carbocycles. The molecule has 0 aliphatic rings. The van der Waals surface area contributed by atoms with Gasteiger partial charge in [0.25, 0.3) is 0 Å². The van der Waals surface area contributed by atoms with Gasteiger partial charge in [-0.05, 0) is 59.9 Å². The summed E-state index contributed by atoms with van der Waals surface area (Å²) in [7, 11) is 0. The zero-order valence-corrected chi connectivity index (χ0v) is 18.0. The highest BCUT2D eigenvalue weighted by atomic mass is 16.5. The standard InChI is InChI=1S/C26H30N2O2/c1-4-21-13-15-23(16-14-21)27-26(29)28(18-20(2)3)19-22-9-8-12-25(17-22)30-24-10-6-5-7-11-24/h5-17,20H,4,18-19H2,1-3H3,(H,27,29). The van der Waals surface area contributed by atoms with Crippen molar-refractivity contribution in [3.63, 3.8) is 0 Å². The van der Waals surface area contributed by atoms with Crippen LogP contribution in [-0.2, 0) is 13.0 Å². The second-order valence-corrected chi connectivity index (χ2v) is 7.82. The molecular weight excluding hydrogens is 372 g/mol. The molecule has 30 heavy (non-hydrogen) atoms. The molecule has 2 amide bonds. The molecule has 0 aromatic heterocycles. The number of hydrogen-bond acceptors (Lipinski definition) is 2. The molecule has 4 nitrogen and oxygen atoms in total. The van der Waals surface area contributed by atoms with Crippen molar-refractivity contribution in [2.45, 2.75) is 33.7 Å². The topological polar surface area (TPSA) is 41.6 Å². The Morgan fingerprint density at radius 2 is 1.60 bits per heavy atom. The Balaban J connectivity index is 1.70. The van der Waals surface area contributed by atoms with Crippen LogP contribution in [0.3, 0.4) is 0 Å². The number of urea groups is 1. The third-order valence-corrected chi connectivity index (χ3v) is 4.74. The van der Waals surface area contributed by atoms with E-state index in [9.17, 15) is 4.79 Å². The lowest BCUT2D eigenvalue weighted by molar-refractivity contribution is 0.201. The average molecular weight is 403 g/mol. The Morgan fingerprint density at radius 1 is 0.900 bits per heavy atom. The summed E-state index contributed by atoms with van der Waals surface area (Å²) in [5, 5.41) is 3.03. The Kier molecular flexibility index (Phi) is 7.50. The summed E-state index contributed by atoms with van der Waals surface area (Å²) in [4.78, 5) is 14.8. The van der Waals surface area contributed by atoms with Crippen LogP contribution in [-0.4, -0.2) is 17.5 Å². The Labute approximate surface area is 179 Å². The molecule has 1 N–H and O–H groups in total. The molecule has 0 unspecified atom stereocenters. The van der Waals surface area contributed by atoms with Crippen molar-refractivity contribution in [2.24, 2.45) is 5.92 Å². The van der Waals surface area contributed by atoms with Crippen LogP contribution in [0.5, 0.6) is 11.5 Å². The second-order valence-electron chi connectivity index (χ2n) is 7.82. The highest BCUT2D eigenvalue weighted by molar-refractivity contribution is 5.89. The lowest BCUT2D eigenvalue weighted by atomic mass is 10.1. The van der Waals surface area contributed by atoms with Crippen LogP contribution in [0.4, 0.5) is 10.5 Å². The largest absolute Gasteiger partial charge is 0.457 e. The van der Waals surface area contributed by atoms with Crippen molar-refractivity contribution in [2.75, 3.05) is 11.9 Å². The van der Waals surface area contributed by atoms with Crippen LogP contribution >= 0.6 is 0 Å². The first-order valence-corrected chi connectivity index (χ1v) is 10.5. The van der Waals surface area contributed by atoms with Crippen LogP contribution in [0, 0.1) is 5.92 Å². The average Bonchev–Trinajstić information content (AvgIpc) is 2.74. The molecule has 0 aliphatic heterocycles. The van der Waals surface area contributed by atoms with E-state index < -0.39 is 0 Å². The van der Waals surface area contributed by atoms with Gasteiger partial charge in [-0.15, -0.1) is 0 Å². The van der Waals surface area contributed by atoms with Gasteiger partial charge in [0.05, 0.1) is 0 Å². The summed E-state index contributed by atoms with van der Waals surface area (Å²) < 4.78 is 5.94. The van der Waals surface area contributed by atoms with Crippen LogP contribution in [0.25, 0.3) is 0 Å². The van der Waals surface area contributed by atoms with Gasteiger partial charge < -0.3 is 15.0 Å². The second kappa shape index (κ2) is 10.5. The molecule has 0 radical (unpaired) electrons. The smallest absolute Gasteiger partial charge is 0.322 e. The molecule has 0 saturated heterocycles. The van der Waals surface area contributed by atoms with Gasteiger partial charge in [0.15, 0.2) is 0 Å². The molecule has 3 rings (SSSR count). The summed E-state index contributed by atoms with van der Waals surface area (Å²) in [6.07, 6.45) is 0.981. The molecule has 0 spiro atoms. The Morgan fingerprint density at radius 3 is 2.27 bits per heavy atom. The van der Waals surface area contributed by atoms with Crippen LogP contribution in [0.1, 0.15) is 31.9 Å². The summed E-state index contributed by atoms with van der Waals surface area (Å²) in [6, 6.07) is 25.5. The number of anilines is 1. The van der Waals surface area contributed by atoms with Gasteiger partial charge in [0.1, 0.15) is 11.5 Å². The Hall–Kier alpha value is -3.27. The molecule has 156 valence electrons. The first-order chi connectivity index (χ1) is 14.5. The van der Waals surface area contributed by atoms with E-state index in [1.165, 1.54) is 5.56 Å². The van der Waals surface area contributed by atoms with Gasteiger partial charge in [-0.25, -0.2) is 4.79 Å². The zero-order chi connectivity index (χ0) is 21.3. The van der Waals surface area contributed by atoms with E-state index in [-0.39, 0.29) is 6.03 Å². The summed E-state index contributed by atoms with van der Waals surface area (Å²) >= 11 is 0. The number of ether oxygens (including phenoxy) is 1. The highest BCUT2D eigenvalue weighted by Gasteiger charge is 2.16. The maximum absolute atomic E-state index is 13.0. The normalized spacial score (nSPS) is 10.7. The van der Waals surface area contributed by atoms with E-state index in [1.807, 2.05) is 83.8 Å². The highest BCUT2D eigenvalue weighted by Crippen LogP contribution is 2.23. The third kappa shape index (κ3) is 6.38. The van der Waals surface area contributed by atoms with Crippen molar-refractivity contribution in [1.82, 2.24) is 4.90 Å². The molecule has 3 aromatic carbocycles. The quantitative estimate of drug-likeness (QED) is 0.454. The molecule has 3 aromatic rings. The van der Waals surface area contributed by atoms with Gasteiger partial charge in [0.2, 0.25) is 0 Å².